The van der Waals surface area contributed by atoms with Crippen molar-refractivity contribution in [1.29, 1.82) is 0 Å². The molecule has 4 heteroatoms. The van der Waals surface area contributed by atoms with E-state index in [-0.39, 0.29) is 5.91 Å². The number of fused-ring (bicyclic) bond motifs is 1. The summed E-state index contributed by atoms with van der Waals surface area (Å²) in [5, 5.41) is 7.93. The van der Waals surface area contributed by atoms with E-state index in [1.54, 1.807) is 6.07 Å². The highest BCUT2D eigenvalue weighted by atomic mass is 16.5. The van der Waals surface area contributed by atoms with E-state index < -0.39 is 0 Å². The summed E-state index contributed by atoms with van der Waals surface area (Å²) in [6.45, 7) is 6.06. The zero-order valence-electron chi connectivity index (χ0n) is 15.5. The van der Waals surface area contributed by atoms with Crippen LogP contribution in [0.3, 0.4) is 0 Å². The molecule has 0 spiro atoms. The molecule has 4 nitrogen and oxygen atoms in total. The Labute approximate surface area is 157 Å². The highest BCUT2D eigenvalue weighted by Crippen LogP contribution is 2.30. The van der Waals surface area contributed by atoms with Crippen LogP contribution in [0.5, 0.6) is 0 Å². The molecule has 0 aliphatic heterocycles. The number of carbonyl (C=O) groups is 1. The van der Waals surface area contributed by atoms with Crippen LogP contribution >= 0.6 is 0 Å². The summed E-state index contributed by atoms with van der Waals surface area (Å²) in [6, 6.07) is 19.4. The van der Waals surface area contributed by atoms with Gasteiger partial charge in [-0.15, -0.1) is 0 Å². The van der Waals surface area contributed by atoms with E-state index in [1.165, 1.54) is 11.1 Å². The standard InChI is InChI=1S/C23H20N2O2/c1-14-4-7-17(8-5-14)22-19-13-18(9-11-21(19)25-27-22)23(26)24-20-10-6-15(2)12-16(20)3/h4-13H,1-3H3,(H,24,26). The fraction of sp³-hybridized carbons (Fsp3) is 0.130. The second-order valence-electron chi connectivity index (χ2n) is 6.88. The fourth-order valence-electron chi connectivity index (χ4n) is 3.14. The molecule has 0 saturated heterocycles. The van der Waals surface area contributed by atoms with E-state index in [0.717, 1.165) is 27.7 Å². The Hall–Kier alpha value is -3.40. The first-order valence-corrected chi connectivity index (χ1v) is 8.86. The number of rotatable bonds is 3. The zero-order chi connectivity index (χ0) is 19.0. The van der Waals surface area contributed by atoms with Crippen molar-refractivity contribution in [3.05, 3.63) is 82.9 Å². The molecule has 134 valence electrons. The third kappa shape index (κ3) is 3.34. The molecule has 4 aromatic rings. The lowest BCUT2D eigenvalue weighted by Crippen LogP contribution is -2.12. The molecule has 0 radical (unpaired) electrons. The van der Waals surface area contributed by atoms with E-state index in [2.05, 4.69) is 10.5 Å². The van der Waals surface area contributed by atoms with Gasteiger partial charge in [-0.3, -0.25) is 4.79 Å². The molecule has 1 heterocycles. The molecular formula is C23H20N2O2. The molecular weight excluding hydrogens is 336 g/mol. The van der Waals surface area contributed by atoms with E-state index in [4.69, 9.17) is 4.52 Å². The smallest absolute Gasteiger partial charge is 0.255 e. The first kappa shape index (κ1) is 17.0. The molecule has 0 fully saturated rings. The number of nitrogens with zero attached hydrogens (tertiary/aromatic N) is 1. The SMILES string of the molecule is Cc1ccc(-c2onc3ccc(C(=O)Nc4ccc(C)cc4C)cc23)cc1. The highest BCUT2D eigenvalue weighted by molar-refractivity contribution is 6.07. The van der Waals surface area contributed by atoms with Gasteiger partial charge in [-0.25, -0.2) is 0 Å². The molecule has 0 bridgehead atoms. The number of benzene rings is 3. The van der Waals surface area contributed by atoms with Gasteiger partial charge in [-0.2, -0.15) is 0 Å². The first-order valence-electron chi connectivity index (χ1n) is 8.86. The van der Waals surface area contributed by atoms with Gasteiger partial charge in [0.15, 0.2) is 5.76 Å². The molecule has 0 unspecified atom stereocenters. The molecule has 0 saturated carbocycles. The number of amides is 1. The maximum absolute atomic E-state index is 12.7. The summed E-state index contributed by atoms with van der Waals surface area (Å²) >= 11 is 0. The van der Waals surface area contributed by atoms with Crippen molar-refractivity contribution in [3.63, 3.8) is 0 Å². The van der Waals surface area contributed by atoms with Crippen molar-refractivity contribution in [2.75, 3.05) is 5.32 Å². The molecule has 1 aromatic heterocycles. The number of anilines is 1. The minimum atomic E-state index is -0.153. The largest absolute Gasteiger partial charge is 0.355 e. The summed E-state index contributed by atoms with van der Waals surface area (Å²) in [5.41, 5.74) is 6.43. The van der Waals surface area contributed by atoms with Crippen molar-refractivity contribution in [2.45, 2.75) is 20.8 Å². The summed E-state index contributed by atoms with van der Waals surface area (Å²) < 4.78 is 5.54. The Bertz CT molecular complexity index is 1140. The quantitative estimate of drug-likeness (QED) is 0.514. The minimum Gasteiger partial charge on any atom is -0.355 e. The van der Waals surface area contributed by atoms with Crippen molar-refractivity contribution in [1.82, 2.24) is 5.16 Å². The van der Waals surface area contributed by atoms with Gasteiger partial charge in [0.2, 0.25) is 0 Å². The molecule has 1 amide bonds. The second-order valence-corrected chi connectivity index (χ2v) is 6.88. The number of nitrogens with one attached hydrogen (secondary N) is 1. The summed E-state index contributed by atoms with van der Waals surface area (Å²) in [4.78, 5) is 12.7. The van der Waals surface area contributed by atoms with Crippen LogP contribution in [-0.4, -0.2) is 11.1 Å². The monoisotopic (exact) mass is 356 g/mol. The van der Waals surface area contributed by atoms with E-state index in [1.807, 2.05) is 75.4 Å². The van der Waals surface area contributed by atoms with Crippen LogP contribution < -0.4 is 5.32 Å². The van der Waals surface area contributed by atoms with Gasteiger partial charge in [0.25, 0.3) is 5.91 Å². The van der Waals surface area contributed by atoms with Gasteiger partial charge in [-0.1, -0.05) is 52.7 Å². The molecule has 0 aliphatic carbocycles. The molecule has 27 heavy (non-hydrogen) atoms. The summed E-state index contributed by atoms with van der Waals surface area (Å²) in [7, 11) is 0. The van der Waals surface area contributed by atoms with Crippen LogP contribution in [0.1, 0.15) is 27.0 Å². The van der Waals surface area contributed by atoms with E-state index in [9.17, 15) is 4.79 Å². The van der Waals surface area contributed by atoms with Crippen LogP contribution in [0.4, 0.5) is 5.69 Å². The van der Waals surface area contributed by atoms with Crippen LogP contribution in [0.15, 0.2) is 65.2 Å². The first-order chi connectivity index (χ1) is 13.0. The van der Waals surface area contributed by atoms with Gasteiger partial charge in [-0.05, 0) is 50.6 Å². The predicted octanol–water partition coefficient (Wildman–Crippen LogP) is 5.67. The summed E-state index contributed by atoms with van der Waals surface area (Å²) in [6.07, 6.45) is 0. The minimum absolute atomic E-state index is 0.153. The molecule has 3 aromatic carbocycles. The predicted molar refractivity (Wildman–Crippen MR) is 108 cm³/mol. The van der Waals surface area contributed by atoms with Crippen LogP contribution in [0.2, 0.25) is 0 Å². The van der Waals surface area contributed by atoms with Crippen LogP contribution in [-0.2, 0) is 0 Å². The molecule has 1 N–H and O–H groups in total. The average Bonchev–Trinajstić information content (AvgIpc) is 3.08. The Morgan fingerprint density at radius 1 is 0.889 bits per heavy atom. The number of aromatic nitrogens is 1. The van der Waals surface area contributed by atoms with Gasteiger partial charge in [0.05, 0.1) is 5.39 Å². The van der Waals surface area contributed by atoms with Crippen LogP contribution in [0, 0.1) is 20.8 Å². The normalized spacial score (nSPS) is 10.9. The Morgan fingerprint density at radius 3 is 2.37 bits per heavy atom. The molecule has 4 rings (SSSR count). The number of carbonyl (C=O) groups excluding carboxylic acids is 1. The second kappa shape index (κ2) is 6.72. The van der Waals surface area contributed by atoms with Crippen LogP contribution in [0.25, 0.3) is 22.2 Å². The lowest BCUT2D eigenvalue weighted by molar-refractivity contribution is 0.102. The van der Waals surface area contributed by atoms with Gasteiger partial charge in [0, 0.05) is 16.8 Å². The zero-order valence-corrected chi connectivity index (χ0v) is 15.5. The Kier molecular flexibility index (Phi) is 4.24. The maximum Gasteiger partial charge on any atom is 0.255 e. The number of aryl methyl sites for hydroxylation is 3. The topological polar surface area (TPSA) is 55.1 Å². The van der Waals surface area contributed by atoms with Gasteiger partial charge in [0.1, 0.15) is 5.52 Å². The lowest BCUT2D eigenvalue weighted by atomic mass is 10.0. The molecule has 0 atom stereocenters. The average molecular weight is 356 g/mol. The third-order valence-electron chi connectivity index (χ3n) is 4.68. The van der Waals surface area contributed by atoms with Gasteiger partial charge >= 0.3 is 0 Å². The van der Waals surface area contributed by atoms with Gasteiger partial charge < -0.3 is 9.84 Å². The molecule has 0 aliphatic rings. The van der Waals surface area contributed by atoms with Crippen molar-refractivity contribution in [2.24, 2.45) is 0 Å². The van der Waals surface area contributed by atoms with E-state index in [0.29, 0.717) is 11.3 Å². The highest BCUT2D eigenvalue weighted by Gasteiger charge is 2.14. The fourth-order valence-corrected chi connectivity index (χ4v) is 3.14. The van der Waals surface area contributed by atoms with Crippen molar-refractivity contribution >= 4 is 22.5 Å². The number of hydrogen-bond donors (Lipinski definition) is 1. The Morgan fingerprint density at radius 2 is 1.63 bits per heavy atom. The maximum atomic E-state index is 12.7. The lowest BCUT2D eigenvalue weighted by Gasteiger charge is -2.09. The van der Waals surface area contributed by atoms with Crippen molar-refractivity contribution < 1.29 is 9.32 Å². The Balaban J connectivity index is 1.69. The number of hydrogen-bond acceptors (Lipinski definition) is 3. The van der Waals surface area contributed by atoms with E-state index >= 15 is 0 Å². The summed E-state index contributed by atoms with van der Waals surface area (Å²) in [5.74, 6) is 0.520. The van der Waals surface area contributed by atoms with Crippen molar-refractivity contribution in [3.8, 4) is 11.3 Å². The third-order valence-corrected chi connectivity index (χ3v) is 4.68.